The highest BCUT2D eigenvalue weighted by Gasteiger charge is 2.06. The van der Waals surface area contributed by atoms with Crippen molar-refractivity contribution in [2.45, 2.75) is 26.4 Å². The zero-order valence-electron chi connectivity index (χ0n) is 11.4. The Kier molecular flexibility index (Phi) is 4.93. The van der Waals surface area contributed by atoms with Crippen LogP contribution in [0.15, 0.2) is 48.8 Å². The van der Waals surface area contributed by atoms with Crippen LogP contribution in [0.1, 0.15) is 24.5 Å². The predicted molar refractivity (Wildman–Crippen MR) is 79.9 cm³/mol. The van der Waals surface area contributed by atoms with Gasteiger partial charge in [0, 0.05) is 37.7 Å². The summed E-state index contributed by atoms with van der Waals surface area (Å²) in [7, 11) is 0. The Labute approximate surface area is 115 Å². The summed E-state index contributed by atoms with van der Waals surface area (Å²) in [6, 6.07) is 12.6. The zero-order valence-corrected chi connectivity index (χ0v) is 11.4. The first kappa shape index (κ1) is 13.6. The Balaban J connectivity index is 2.14. The number of hydrogen-bond donors (Lipinski definition) is 1. The van der Waals surface area contributed by atoms with Gasteiger partial charge in [0.1, 0.15) is 0 Å². The van der Waals surface area contributed by atoms with Crippen LogP contribution in [0.5, 0.6) is 0 Å². The van der Waals surface area contributed by atoms with E-state index in [-0.39, 0.29) is 0 Å². The van der Waals surface area contributed by atoms with Crippen molar-refractivity contribution in [2.24, 2.45) is 5.73 Å². The first-order valence-corrected chi connectivity index (χ1v) is 6.76. The normalized spacial score (nSPS) is 10.4. The molecule has 0 aliphatic carbocycles. The van der Waals surface area contributed by atoms with E-state index in [2.05, 4.69) is 47.1 Å². The van der Waals surface area contributed by atoms with Crippen molar-refractivity contribution in [2.75, 3.05) is 11.4 Å². The molecule has 0 saturated carbocycles. The lowest BCUT2D eigenvalue weighted by Gasteiger charge is -2.24. The van der Waals surface area contributed by atoms with Gasteiger partial charge in [0.25, 0.3) is 0 Å². The summed E-state index contributed by atoms with van der Waals surface area (Å²) < 4.78 is 0. The number of nitrogens with two attached hydrogens (primary N) is 1. The highest BCUT2D eigenvalue weighted by Crippen LogP contribution is 2.18. The molecule has 100 valence electrons. The first-order chi connectivity index (χ1) is 9.33. The van der Waals surface area contributed by atoms with Crippen molar-refractivity contribution in [1.82, 2.24) is 4.98 Å². The van der Waals surface area contributed by atoms with Crippen LogP contribution in [0.4, 0.5) is 5.69 Å². The van der Waals surface area contributed by atoms with Crippen LogP contribution in [-0.2, 0) is 13.1 Å². The van der Waals surface area contributed by atoms with Crippen LogP contribution in [0.2, 0.25) is 0 Å². The molecule has 0 amide bonds. The number of anilines is 1. The van der Waals surface area contributed by atoms with E-state index < -0.39 is 0 Å². The lowest BCUT2D eigenvalue weighted by atomic mass is 10.1. The molecule has 3 nitrogen and oxygen atoms in total. The highest BCUT2D eigenvalue weighted by molar-refractivity contribution is 5.48. The van der Waals surface area contributed by atoms with Gasteiger partial charge in [0.2, 0.25) is 0 Å². The monoisotopic (exact) mass is 255 g/mol. The molecule has 0 spiro atoms. The van der Waals surface area contributed by atoms with E-state index >= 15 is 0 Å². The minimum Gasteiger partial charge on any atom is -0.367 e. The zero-order chi connectivity index (χ0) is 13.5. The number of benzene rings is 1. The van der Waals surface area contributed by atoms with Gasteiger partial charge in [-0.15, -0.1) is 0 Å². The van der Waals surface area contributed by atoms with Crippen molar-refractivity contribution in [3.05, 3.63) is 59.9 Å². The Hall–Kier alpha value is -1.87. The van der Waals surface area contributed by atoms with E-state index in [4.69, 9.17) is 5.73 Å². The fraction of sp³-hybridized carbons (Fsp3) is 0.312. The van der Waals surface area contributed by atoms with Crippen molar-refractivity contribution in [1.29, 1.82) is 0 Å². The molecule has 0 unspecified atom stereocenters. The summed E-state index contributed by atoms with van der Waals surface area (Å²) in [4.78, 5) is 6.55. The van der Waals surface area contributed by atoms with Gasteiger partial charge in [-0.3, -0.25) is 4.98 Å². The van der Waals surface area contributed by atoms with E-state index in [0.29, 0.717) is 6.54 Å². The fourth-order valence-corrected chi connectivity index (χ4v) is 2.12. The molecule has 2 aromatic rings. The van der Waals surface area contributed by atoms with Gasteiger partial charge in [-0.2, -0.15) is 0 Å². The fourth-order valence-electron chi connectivity index (χ4n) is 2.12. The molecule has 0 aliphatic rings. The van der Waals surface area contributed by atoms with E-state index in [0.717, 1.165) is 19.5 Å². The molecule has 1 aromatic heterocycles. The smallest absolute Gasteiger partial charge is 0.0444 e. The Morgan fingerprint density at radius 1 is 1.11 bits per heavy atom. The number of hydrogen-bond acceptors (Lipinski definition) is 3. The lowest BCUT2D eigenvalue weighted by Crippen LogP contribution is -2.23. The van der Waals surface area contributed by atoms with Gasteiger partial charge in [-0.1, -0.05) is 25.1 Å². The first-order valence-electron chi connectivity index (χ1n) is 6.76. The molecule has 0 aliphatic heterocycles. The van der Waals surface area contributed by atoms with Crippen LogP contribution in [0, 0.1) is 0 Å². The molecule has 0 radical (unpaired) electrons. The third-order valence-corrected chi connectivity index (χ3v) is 3.13. The molecule has 1 heterocycles. The van der Waals surface area contributed by atoms with Gasteiger partial charge in [-0.05, 0) is 35.7 Å². The van der Waals surface area contributed by atoms with Crippen molar-refractivity contribution >= 4 is 5.69 Å². The van der Waals surface area contributed by atoms with Crippen LogP contribution in [-0.4, -0.2) is 11.5 Å². The molecule has 2 rings (SSSR count). The van der Waals surface area contributed by atoms with Gasteiger partial charge in [0.05, 0.1) is 0 Å². The standard InChI is InChI=1S/C16H21N3/c1-2-10-19(13-15-4-3-9-18-12-15)16-7-5-14(11-17)6-8-16/h3-9,12H,2,10-11,13,17H2,1H3. The Bertz CT molecular complexity index is 479. The Morgan fingerprint density at radius 2 is 1.89 bits per heavy atom. The molecule has 0 saturated heterocycles. The van der Waals surface area contributed by atoms with Crippen molar-refractivity contribution in [3.8, 4) is 0 Å². The molecular formula is C16H21N3. The minimum atomic E-state index is 0.594. The van der Waals surface area contributed by atoms with E-state index in [1.807, 2.05) is 18.5 Å². The molecular weight excluding hydrogens is 234 g/mol. The molecule has 19 heavy (non-hydrogen) atoms. The Morgan fingerprint density at radius 3 is 2.47 bits per heavy atom. The summed E-state index contributed by atoms with van der Waals surface area (Å²) in [5, 5.41) is 0. The van der Waals surface area contributed by atoms with Gasteiger partial charge >= 0.3 is 0 Å². The summed E-state index contributed by atoms with van der Waals surface area (Å²) in [6.45, 7) is 4.72. The molecule has 1 aromatic carbocycles. The maximum Gasteiger partial charge on any atom is 0.0444 e. The average molecular weight is 255 g/mol. The van der Waals surface area contributed by atoms with Crippen LogP contribution in [0.3, 0.4) is 0 Å². The second-order valence-electron chi connectivity index (χ2n) is 4.65. The van der Waals surface area contributed by atoms with E-state index in [9.17, 15) is 0 Å². The summed E-state index contributed by atoms with van der Waals surface area (Å²) >= 11 is 0. The molecule has 0 atom stereocenters. The third-order valence-electron chi connectivity index (χ3n) is 3.13. The molecule has 3 heteroatoms. The third kappa shape index (κ3) is 3.80. The largest absolute Gasteiger partial charge is 0.367 e. The van der Waals surface area contributed by atoms with Crippen molar-refractivity contribution in [3.63, 3.8) is 0 Å². The second-order valence-corrected chi connectivity index (χ2v) is 4.65. The molecule has 0 fully saturated rings. The molecule has 0 bridgehead atoms. The maximum absolute atomic E-state index is 5.64. The lowest BCUT2D eigenvalue weighted by molar-refractivity contribution is 0.765. The highest BCUT2D eigenvalue weighted by atomic mass is 15.1. The topological polar surface area (TPSA) is 42.2 Å². The number of pyridine rings is 1. The van der Waals surface area contributed by atoms with Gasteiger partial charge < -0.3 is 10.6 Å². The number of nitrogens with zero attached hydrogens (tertiary/aromatic N) is 2. The van der Waals surface area contributed by atoms with Crippen molar-refractivity contribution < 1.29 is 0 Å². The van der Waals surface area contributed by atoms with Crippen LogP contribution in [0.25, 0.3) is 0 Å². The summed E-state index contributed by atoms with van der Waals surface area (Å²) in [5.74, 6) is 0. The molecule has 2 N–H and O–H groups in total. The minimum absolute atomic E-state index is 0.594. The van der Waals surface area contributed by atoms with Gasteiger partial charge in [-0.25, -0.2) is 0 Å². The van der Waals surface area contributed by atoms with E-state index in [1.54, 1.807) is 0 Å². The van der Waals surface area contributed by atoms with Crippen LogP contribution < -0.4 is 10.6 Å². The second kappa shape index (κ2) is 6.90. The van der Waals surface area contributed by atoms with Crippen LogP contribution >= 0.6 is 0 Å². The van der Waals surface area contributed by atoms with E-state index in [1.165, 1.54) is 16.8 Å². The summed E-state index contributed by atoms with van der Waals surface area (Å²) in [5.41, 5.74) is 9.28. The SMILES string of the molecule is CCCN(Cc1cccnc1)c1ccc(CN)cc1. The number of rotatable bonds is 6. The quantitative estimate of drug-likeness (QED) is 0.863. The summed E-state index contributed by atoms with van der Waals surface area (Å²) in [6.07, 6.45) is 4.86. The number of aromatic nitrogens is 1. The average Bonchev–Trinajstić information content (AvgIpc) is 2.48. The van der Waals surface area contributed by atoms with Gasteiger partial charge in [0.15, 0.2) is 0 Å². The maximum atomic E-state index is 5.64. The predicted octanol–water partition coefficient (Wildman–Crippen LogP) is 2.96.